The van der Waals surface area contributed by atoms with Gasteiger partial charge in [0.15, 0.2) is 0 Å². The van der Waals surface area contributed by atoms with E-state index in [2.05, 4.69) is 55.6 Å². The Bertz CT molecular complexity index is 524. The molecule has 2 aromatic rings. The first-order chi connectivity index (χ1) is 9.69. The average molecular weight is 288 g/mol. The van der Waals surface area contributed by atoms with Crippen molar-refractivity contribution in [3.05, 3.63) is 70.7 Å². The van der Waals surface area contributed by atoms with E-state index in [4.69, 9.17) is 11.6 Å². The van der Waals surface area contributed by atoms with Crippen LogP contribution in [-0.2, 0) is 6.42 Å². The molecule has 2 rings (SSSR count). The largest absolute Gasteiger partial charge is 0.307 e. The van der Waals surface area contributed by atoms with Crippen LogP contribution in [-0.4, -0.2) is 6.04 Å². The van der Waals surface area contributed by atoms with Gasteiger partial charge in [-0.25, -0.2) is 0 Å². The van der Waals surface area contributed by atoms with E-state index in [-0.39, 0.29) is 0 Å². The lowest BCUT2D eigenvalue weighted by Gasteiger charge is -2.23. The highest BCUT2D eigenvalue weighted by molar-refractivity contribution is 6.30. The first-order valence-electron chi connectivity index (χ1n) is 7.24. The van der Waals surface area contributed by atoms with Crippen LogP contribution < -0.4 is 5.32 Å². The Morgan fingerprint density at radius 2 is 1.80 bits per heavy atom. The summed E-state index contributed by atoms with van der Waals surface area (Å²) in [5.41, 5.74) is 2.63. The van der Waals surface area contributed by atoms with Gasteiger partial charge in [-0.2, -0.15) is 0 Å². The summed E-state index contributed by atoms with van der Waals surface area (Å²) in [4.78, 5) is 0. The van der Waals surface area contributed by atoms with E-state index in [9.17, 15) is 0 Å². The molecule has 0 aromatic heterocycles. The van der Waals surface area contributed by atoms with Gasteiger partial charge in [-0.3, -0.25) is 0 Å². The molecule has 0 amide bonds. The molecule has 2 unspecified atom stereocenters. The molecule has 20 heavy (non-hydrogen) atoms. The smallest absolute Gasteiger partial charge is 0.0408 e. The summed E-state index contributed by atoms with van der Waals surface area (Å²) in [6, 6.07) is 19.6. The monoisotopic (exact) mass is 287 g/mol. The van der Waals surface area contributed by atoms with Crippen molar-refractivity contribution >= 4 is 11.6 Å². The molecule has 0 saturated heterocycles. The molecule has 0 heterocycles. The Morgan fingerprint density at radius 1 is 1.05 bits per heavy atom. The molecule has 0 aliphatic heterocycles. The maximum Gasteiger partial charge on any atom is 0.0408 e. The Labute approximate surface area is 127 Å². The highest BCUT2D eigenvalue weighted by atomic mass is 35.5. The van der Waals surface area contributed by atoms with Crippen LogP contribution in [0.25, 0.3) is 0 Å². The fraction of sp³-hybridized carbons (Fsp3) is 0.333. The van der Waals surface area contributed by atoms with E-state index in [0.29, 0.717) is 12.1 Å². The Morgan fingerprint density at radius 3 is 2.45 bits per heavy atom. The van der Waals surface area contributed by atoms with Crippen LogP contribution >= 0.6 is 11.6 Å². The zero-order chi connectivity index (χ0) is 14.4. The summed E-state index contributed by atoms with van der Waals surface area (Å²) >= 11 is 6.04. The van der Waals surface area contributed by atoms with E-state index in [1.54, 1.807) is 0 Å². The predicted octanol–water partition coefficient (Wildman–Crippen LogP) is 5.01. The van der Waals surface area contributed by atoms with Crippen LogP contribution in [0.15, 0.2) is 54.6 Å². The van der Waals surface area contributed by atoms with Crippen LogP contribution in [0.2, 0.25) is 5.02 Å². The van der Waals surface area contributed by atoms with E-state index in [0.717, 1.165) is 17.9 Å². The first-order valence-corrected chi connectivity index (χ1v) is 7.62. The molecule has 1 N–H and O–H groups in total. The van der Waals surface area contributed by atoms with Gasteiger partial charge in [-0.05, 0) is 43.0 Å². The van der Waals surface area contributed by atoms with E-state index >= 15 is 0 Å². The number of nitrogens with one attached hydrogen (secondary N) is 1. The molecule has 0 fully saturated rings. The minimum Gasteiger partial charge on any atom is -0.307 e. The number of benzene rings is 2. The highest BCUT2D eigenvalue weighted by Crippen LogP contribution is 2.18. The van der Waals surface area contributed by atoms with Gasteiger partial charge in [0.05, 0.1) is 0 Å². The number of halogens is 1. The Hall–Kier alpha value is -1.31. The van der Waals surface area contributed by atoms with Crippen molar-refractivity contribution in [1.29, 1.82) is 0 Å². The van der Waals surface area contributed by atoms with Crippen molar-refractivity contribution in [1.82, 2.24) is 5.32 Å². The van der Waals surface area contributed by atoms with Crippen molar-refractivity contribution in [2.45, 2.75) is 38.8 Å². The van der Waals surface area contributed by atoms with Gasteiger partial charge in [0.2, 0.25) is 0 Å². The van der Waals surface area contributed by atoms with Crippen molar-refractivity contribution in [3.8, 4) is 0 Å². The van der Waals surface area contributed by atoms with Crippen LogP contribution in [0.4, 0.5) is 0 Å². The van der Waals surface area contributed by atoms with Crippen molar-refractivity contribution in [3.63, 3.8) is 0 Å². The zero-order valence-electron chi connectivity index (χ0n) is 12.1. The summed E-state index contributed by atoms with van der Waals surface area (Å²) in [5, 5.41) is 4.52. The second-order valence-corrected chi connectivity index (χ2v) is 5.71. The lowest BCUT2D eigenvalue weighted by molar-refractivity contribution is 0.443. The lowest BCUT2D eigenvalue weighted by atomic mass is 10.0. The third-order valence-electron chi connectivity index (χ3n) is 3.53. The van der Waals surface area contributed by atoms with Gasteiger partial charge < -0.3 is 5.32 Å². The molecule has 2 heteroatoms. The fourth-order valence-corrected chi connectivity index (χ4v) is 2.77. The van der Waals surface area contributed by atoms with E-state index in [1.165, 1.54) is 11.1 Å². The quantitative estimate of drug-likeness (QED) is 0.787. The standard InChI is InChI=1S/C18H22ClN/c1-3-18(16-9-5-4-6-10-16)20-14(2)12-15-8-7-11-17(19)13-15/h4-11,13-14,18,20H,3,12H2,1-2H3. The summed E-state index contributed by atoms with van der Waals surface area (Å²) in [7, 11) is 0. The van der Waals surface area contributed by atoms with Gasteiger partial charge in [-0.15, -0.1) is 0 Å². The predicted molar refractivity (Wildman–Crippen MR) is 87.2 cm³/mol. The first kappa shape index (κ1) is 15.1. The number of rotatable bonds is 6. The summed E-state index contributed by atoms with van der Waals surface area (Å²) in [5.74, 6) is 0. The van der Waals surface area contributed by atoms with Crippen molar-refractivity contribution in [2.75, 3.05) is 0 Å². The van der Waals surface area contributed by atoms with Crippen LogP contribution in [0.3, 0.4) is 0 Å². The SMILES string of the molecule is CCC(NC(C)Cc1cccc(Cl)c1)c1ccccc1. The van der Waals surface area contributed by atoms with Crippen LogP contribution in [0.5, 0.6) is 0 Å². The third-order valence-corrected chi connectivity index (χ3v) is 3.76. The van der Waals surface area contributed by atoms with Gasteiger partial charge in [0.25, 0.3) is 0 Å². The fourth-order valence-electron chi connectivity index (χ4n) is 2.55. The van der Waals surface area contributed by atoms with E-state index in [1.807, 2.05) is 18.2 Å². The molecular formula is C18H22ClN. The highest BCUT2D eigenvalue weighted by Gasteiger charge is 2.12. The van der Waals surface area contributed by atoms with Gasteiger partial charge in [0, 0.05) is 17.1 Å². The molecular weight excluding hydrogens is 266 g/mol. The molecule has 2 aromatic carbocycles. The van der Waals surface area contributed by atoms with Gasteiger partial charge in [-0.1, -0.05) is 61.0 Å². The maximum atomic E-state index is 6.04. The molecule has 0 aliphatic rings. The van der Waals surface area contributed by atoms with Crippen LogP contribution in [0, 0.1) is 0 Å². The normalized spacial score (nSPS) is 13.9. The lowest BCUT2D eigenvalue weighted by Crippen LogP contribution is -2.31. The Balaban J connectivity index is 1.97. The molecule has 0 saturated carbocycles. The van der Waals surface area contributed by atoms with Gasteiger partial charge >= 0.3 is 0 Å². The molecule has 106 valence electrons. The summed E-state index contributed by atoms with van der Waals surface area (Å²) in [6.07, 6.45) is 2.08. The molecule has 2 atom stereocenters. The van der Waals surface area contributed by atoms with Crippen LogP contribution in [0.1, 0.15) is 37.4 Å². The summed E-state index contributed by atoms with van der Waals surface area (Å²) < 4.78 is 0. The van der Waals surface area contributed by atoms with Gasteiger partial charge in [0.1, 0.15) is 0 Å². The average Bonchev–Trinajstić information content (AvgIpc) is 2.45. The molecule has 1 nitrogen and oxygen atoms in total. The Kier molecular flexibility index (Phi) is 5.63. The van der Waals surface area contributed by atoms with E-state index < -0.39 is 0 Å². The zero-order valence-corrected chi connectivity index (χ0v) is 12.9. The topological polar surface area (TPSA) is 12.0 Å². The van der Waals surface area contributed by atoms with Crippen molar-refractivity contribution in [2.24, 2.45) is 0 Å². The molecule has 0 aliphatic carbocycles. The second-order valence-electron chi connectivity index (χ2n) is 5.27. The molecule has 0 radical (unpaired) electrons. The minimum absolute atomic E-state index is 0.408. The number of hydrogen-bond acceptors (Lipinski definition) is 1. The maximum absolute atomic E-state index is 6.04. The number of hydrogen-bond donors (Lipinski definition) is 1. The summed E-state index contributed by atoms with van der Waals surface area (Å²) in [6.45, 7) is 4.45. The minimum atomic E-state index is 0.408. The molecule has 0 spiro atoms. The van der Waals surface area contributed by atoms with Crippen molar-refractivity contribution < 1.29 is 0 Å². The molecule has 0 bridgehead atoms. The second kappa shape index (κ2) is 7.47. The third kappa shape index (κ3) is 4.36.